The van der Waals surface area contributed by atoms with E-state index in [1.807, 2.05) is 35.3 Å². The van der Waals surface area contributed by atoms with Gasteiger partial charge in [0.1, 0.15) is 9.87 Å². The minimum atomic E-state index is 0.130. The van der Waals surface area contributed by atoms with Gasteiger partial charge < -0.3 is 9.47 Å². The number of rotatable bonds is 7. The summed E-state index contributed by atoms with van der Waals surface area (Å²) in [7, 11) is 0. The van der Waals surface area contributed by atoms with Gasteiger partial charge in [-0.15, -0.1) is 35.3 Å². The van der Waals surface area contributed by atoms with E-state index in [1.165, 1.54) is 11.5 Å². The maximum atomic E-state index is 5.36. The summed E-state index contributed by atoms with van der Waals surface area (Å²) in [6, 6.07) is 0. The monoisotopic (exact) mass is 266 g/mol. The molecule has 0 aromatic heterocycles. The van der Waals surface area contributed by atoms with Crippen LogP contribution >= 0.6 is 35.3 Å². The number of hydrogen-bond donors (Lipinski definition) is 0. The molecule has 5 heteroatoms. The summed E-state index contributed by atoms with van der Waals surface area (Å²) in [5.41, 5.74) is 0. The highest BCUT2D eigenvalue weighted by Gasteiger charge is 2.41. The van der Waals surface area contributed by atoms with E-state index in [0.29, 0.717) is 4.58 Å². The fraction of sp³-hybridized carbons (Fsp3) is 1.00. The summed E-state index contributed by atoms with van der Waals surface area (Å²) in [5.74, 6) is 2.39. The molecule has 3 atom stereocenters. The van der Waals surface area contributed by atoms with E-state index in [0.717, 1.165) is 13.2 Å². The van der Waals surface area contributed by atoms with Crippen molar-refractivity contribution in [1.29, 1.82) is 0 Å². The SMILES string of the molecule is CC(SCCSC1(C)CO1)SC1(C)CO1. The van der Waals surface area contributed by atoms with Crippen LogP contribution in [-0.2, 0) is 9.47 Å². The molecule has 0 saturated carbocycles. The Kier molecular flexibility index (Phi) is 3.88. The van der Waals surface area contributed by atoms with Crippen LogP contribution in [0.25, 0.3) is 0 Å². The second-order valence-electron chi connectivity index (χ2n) is 4.25. The average Bonchev–Trinajstić information content (AvgIpc) is 3.04. The third kappa shape index (κ3) is 4.38. The van der Waals surface area contributed by atoms with Crippen molar-refractivity contribution in [1.82, 2.24) is 0 Å². The van der Waals surface area contributed by atoms with Crippen molar-refractivity contribution < 1.29 is 9.47 Å². The van der Waals surface area contributed by atoms with Crippen molar-refractivity contribution in [2.24, 2.45) is 0 Å². The Morgan fingerprint density at radius 2 is 1.73 bits per heavy atom. The van der Waals surface area contributed by atoms with Gasteiger partial charge in [0.15, 0.2) is 0 Å². The van der Waals surface area contributed by atoms with Crippen LogP contribution in [0.1, 0.15) is 20.8 Å². The van der Waals surface area contributed by atoms with Crippen LogP contribution in [0.15, 0.2) is 0 Å². The summed E-state index contributed by atoms with van der Waals surface area (Å²) in [6.45, 7) is 8.45. The van der Waals surface area contributed by atoms with Crippen molar-refractivity contribution in [3.05, 3.63) is 0 Å². The molecule has 0 aliphatic carbocycles. The molecule has 0 aromatic carbocycles. The number of epoxide rings is 2. The Balaban J connectivity index is 1.49. The zero-order chi connectivity index (χ0) is 10.9. The lowest BCUT2D eigenvalue weighted by Gasteiger charge is -2.13. The Morgan fingerprint density at radius 3 is 2.27 bits per heavy atom. The largest absolute Gasteiger partial charge is 0.358 e. The van der Waals surface area contributed by atoms with Gasteiger partial charge >= 0.3 is 0 Å². The summed E-state index contributed by atoms with van der Waals surface area (Å²) >= 11 is 5.90. The van der Waals surface area contributed by atoms with Crippen LogP contribution in [0, 0.1) is 0 Å². The summed E-state index contributed by atoms with van der Waals surface area (Å²) in [4.78, 5) is 0.285. The quantitative estimate of drug-likeness (QED) is 0.401. The molecule has 3 unspecified atom stereocenters. The van der Waals surface area contributed by atoms with E-state index < -0.39 is 0 Å². The highest BCUT2D eigenvalue weighted by atomic mass is 32.2. The molecular formula is C10H18O2S3. The van der Waals surface area contributed by atoms with E-state index in [9.17, 15) is 0 Å². The van der Waals surface area contributed by atoms with E-state index >= 15 is 0 Å². The smallest absolute Gasteiger partial charge is 0.135 e. The van der Waals surface area contributed by atoms with E-state index in [2.05, 4.69) is 20.8 Å². The van der Waals surface area contributed by atoms with Gasteiger partial charge in [0.2, 0.25) is 0 Å². The second-order valence-corrected chi connectivity index (χ2v) is 9.36. The Bertz CT molecular complexity index is 227. The van der Waals surface area contributed by atoms with Crippen LogP contribution in [-0.4, -0.2) is 39.2 Å². The normalized spacial score (nSPS) is 40.2. The fourth-order valence-electron chi connectivity index (χ4n) is 1.21. The van der Waals surface area contributed by atoms with Gasteiger partial charge in [0.05, 0.1) is 17.8 Å². The predicted octanol–water partition coefficient (Wildman–Crippen LogP) is 3.02. The van der Waals surface area contributed by atoms with Crippen LogP contribution < -0.4 is 0 Å². The molecule has 0 spiro atoms. The molecule has 0 bridgehead atoms. The van der Waals surface area contributed by atoms with E-state index in [1.54, 1.807) is 0 Å². The van der Waals surface area contributed by atoms with Crippen LogP contribution in [0.5, 0.6) is 0 Å². The van der Waals surface area contributed by atoms with Crippen LogP contribution in [0.2, 0.25) is 0 Å². The molecule has 2 nitrogen and oxygen atoms in total. The molecule has 88 valence electrons. The van der Waals surface area contributed by atoms with Gasteiger partial charge in [0, 0.05) is 11.5 Å². The van der Waals surface area contributed by atoms with Crippen LogP contribution in [0.3, 0.4) is 0 Å². The molecule has 15 heavy (non-hydrogen) atoms. The van der Waals surface area contributed by atoms with Gasteiger partial charge in [-0.25, -0.2) is 0 Å². The lowest BCUT2D eigenvalue weighted by Crippen LogP contribution is -2.05. The molecule has 0 radical (unpaired) electrons. The topological polar surface area (TPSA) is 25.1 Å². The number of hydrogen-bond acceptors (Lipinski definition) is 5. The standard InChI is InChI=1S/C10H18O2S3/c1-8(15-10(3)7-12-10)13-4-5-14-9(2)6-11-9/h8H,4-7H2,1-3H3. The van der Waals surface area contributed by atoms with Crippen molar-refractivity contribution >= 4 is 35.3 Å². The summed E-state index contributed by atoms with van der Waals surface area (Å²) in [6.07, 6.45) is 0. The molecular weight excluding hydrogens is 248 g/mol. The lowest BCUT2D eigenvalue weighted by atomic mass is 10.6. The van der Waals surface area contributed by atoms with Gasteiger partial charge in [-0.3, -0.25) is 0 Å². The Morgan fingerprint density at radius 1 is 1.13 bits per heavy atom. The van der Waals surface area contributed by atoms with Crippen molar-refractivity contribution in [2.75, 3.05) is 24.7 Å². The molecule has 2 rings (SSSR count). The Labute approximate surface area is 105 Å². The molecule has 0 amide bonds. The first-order valence-corrected chi connectivity index (χ1v) is 8.14. The first kappa shape index (κ1) is 12.4. The first-order valence-electron chi connectivity index (χ1n) is 5.23. The number of ether oxygens (including phenoxy) is 2. The van der Waals surface area contributed by atoms with Crippen molar-refractivity contribution in [3.63, 3.8) is 0 Å². The minimum Gasteiger partial charge on any atom is -0.358 e. The fourth-order valence-corrected chi connectivity index (χ4v) is 4.99. The summed E-state index contributed by atoms with van der Waals surface area (Å²) in [5, 5.41) is 0. The van der Waals surface area contributed by atoms with Gasteiger partial charge in [-0.05, 0) is 20.8 Å². The molecule has 0 aromatic rings. The maximum absolute atomic E-state index is 5.36. The third-order valence-corrected chi connectivity index (χ3v) is 6.55. The first-order chi connectivity index (χ1) is 7.02. The van der Waals surface area contributed by atoms with E-state index in [-0.39, 0.29) is 9.87 Å². The lowest BCUT2D eigenvalue weighted by molar-refractivity contribution is 0.401. The predicted molar refractivity (Wildman–Crippen MR) is 70.7 cm³/mol. The van der Waals surface area contributed by atoms with E-state index in [4.69, 9.17) is 9.47 Å². The molecule has 2 aliphatic rings. The molecule has 0 N–H and O–H groups in total. The Hall–Kier alpha value is 0.970. The van der Waals surface area contributed by atoms with Gasteiger partial charge in [-0.1, -0.05) is 0 Å². The van der Waals surface area contributed by atoms with Gasteiger partial charge in [-0.2, -0.15) is 0 Å². The summed E-state index contributed by atoms with van der Waals surface area (Å²) < 4.78 is 11.3. The molecule has 2 aliphatic heterocycles. The number of thioether (sulfide) groups is 3. The zero-order valence-electron chi connectivity index (χ0n) is 9.45. The van der Waals surface area contributed by atoms with Crippen molar-refractivity contribution in [2.45, 2.75) is 35.2 Å². The average molecular weight is 266 g/mol. The second kappa shape index (κ2) is 4.69. The molecule has 2 heterocycles. The zero-order valence-corrected chi connectivity index (χ0v) is 11.9. The molecule has 2 saturated heterocycles. The minimum absolute atomic E-state index is 0.130. The highest BCUT2D eigenvalue weighted by Crippen LogP contribution is 2.44. The van der Waals surface area contributed by atoms with Crippen LogP contribution in [0.4, 0.5) is 0 Å². The molecule has 2 fully saturated rings. The van der Waals surface area contributed by atoms with Gasteiger partial charge in [0.25, 0.3) is 0 Å². The third-order valence-electron chi connectivity index (χ3n) is 2.36. The maximum Gasteiger partial charge on any atom is 0.135 e. The van der Waals surface area contributed by atoms with Crippen molar-refractivity contribution in [3.8, 4) is 0 Å². The highest BCUT2D eigenvalue weighted by molar-refractivity contribution is 8.17.